The van der Waals surface area contributed by atoms with E-state index in [4.69, 9.17) is 28.8 Å². The fraction of sp³-hybridized carbons (Fsp3) is 0.500. The van der Waals surface area contributed by atoms with Gasteiger partial charge in [-0.25, -0.2) is 11.1 Å². The van der Waals surface area contributed by atoms with Crippen LogP contribution in [0.5, 0.6) is 0 Å². The molecule has 0 radical (unpaired) electrons. The molecule has 0 unspecified atom stereocenters. The van der Waals surface area contributed by atoms with Crippen molar-refractivity contribution >= 4 is 40.7 Å². The third kappa shape index (κ3) is 19.6. The third-order valence-electron chi connectivity index (χ3n) is 5.87. The Morgan fingerprint density at radius 2 is 0.657 bits per heavy atom. The van der Waals surface area contributed by atoms with Crippen LogP contribution in [0.15, 0.2) is 33.4 Å². The summed E-state index contributed by atoms with van der Waals surface area (Å²) in [4.78, 5) is 48.0. The van der Waals surface area contributed by atoms with Gasteiger partial charge in [0, 0.05) is 0 Å². The minimum atomic E-state index is 0. The molecule has 0 heterocycles. The zero-order chi connectivity index (χ0) is 29.3. The topological polar surface area (TPSA) is 102 Å². The van der Waals surface area contributed by atoms with E-state index in [2.05, 4.69) is 81.4 Å². The molecule has 0 fully saturated rings. The molecule has 0 aromatic carbocycles. The first-order chi connectivity index (χ1) is 15.9. The number of carbonyl (C=O) groups is 6. The first kappa shape index (κ1) is 49.7. The van der Waals surface area contributed by atoms with E-state index in [1.54, 1.807) is 0 Å². The van der Waals surface area contributed by atoms with Crippen LogP contribution in [-0.2, 0) is 49.8 Å². The van der Waals surface area contributed by atoms with Crippen molar-refractivity contribution in [2.24, 2.45) is 10.8 Å². The van der Waals surface area contributed by atoms with Crippen LogP contribution < -0.4 is 0 Å². The molecule has 0 atom stereocenters. The van der Waals surface area contributed by atoms with E-state index in [0.717, 1.165) is 12.8 Å². The molecule has 0 N–H and O–H groups in total. The molecule has 0 saturated heterocycles. The SMILES string of the molecule is C=O.C=O.C=O.C=O.C=O.C=O.CC1=[C-]CC(C)(C)C(C)=C1C.CC1=[C-]CC(C)(C)C(C)=C1C.[Mo+2]. The molecular weight excluding hydrogens is 528 g/mol. The Bertz CT molecular complexity index is 605. The molecule has 0 aliphatic heterocycles. The zero-order valence-electron chi connectivity index (χ0n) is 23.5. The molecule has 0 spiro atoms. The van der Waals surface area contributed by atoms with Gasteiger partial charge in [-0.1, -0.05) is 55.4 Å². The summed E-state index contributed by atoms with van der Waals surface area (Å²) < 4.78 is 0. The van der Waals surface area contributed by atoms with Crippen LogP contribution in [0.3, 0.4) is 0 Å². The molecule has 0 saturated carbocycles. The van der Waals surface area contributed by atoms with Crippen molar-refractivity contribution in [2.75, 3.05) is 0 Å². The smallest absolute Gasteiger partial charge is 0.307 e. The van der Waals surface area contributed by atoms with Crippen molar-refractivity contribution in [1.82, 2.24) is 0 Å². The van der Waals surface area contributed by atoms with Gasteiger partial charge in [0.15, 0.2) is 0 Å². The van der Waals surface area contributed by atoms with Crippen LogP contribution in [0.4, 0.5) is 0 Å². The average Bonchev–Trinajstić information content (AvgIpc) is 2.90. The Balaban J connectivity index is -0.0000000615. The van der Waals surface area contributed by atoms with E-state index < -0.39 is 0 Å². The Hall–Kier alpha value is -2.33. The van der Waals surface area contributed by atoms with Crippen molar-refractivity contribution in [1.29, 1.82) is 0 Å². The summed E-state index contributed by atoms with van der Waals surface area (Å²) in [5.41, 5.74) is 9.25. The molecule has 0 amide bonds. The predicted octanol–water partition coefficient (Wildman–Crippen LogP) is 5.89. The normalized spacial score (nSPS) is 15.5. The van der Waals surface area contributed by atoms with Crippen LogP contribution in [0, 0.1) is 23.0 Å². The second-order valence-electron chi connectivity index (χ2n) is 8.22. The molecule has 6 nitrogen and oxygen atoms in total. The van der Waals surface area contributed by atoms with Crippen LogP contribution in [0.25, 0.3) is 0 Å². The molecule has 0 bridgehead atoms. The Kier molecular flexibility index (Phi) is 42.2. The first-order valence-corrected chi connectivity index (χ1v) is 10.1. The van der Waals surface area contributed by atoms with Crippen molar-refractivity contribution in [3.8, 4) is 0 Å². The first-order valence-electron chi connectivity index (χ1n) is 10.1. The molecule has 0 aromatic heterocycles. The summed E-state index contributed by atoms with van der Waals surface area (Å²) >= 11 is 0. The van der Waals surface area contributed by atoms with E-state index in [1.165, 1.54) is 33.4 Å². The number of hydrogen-bond donors (Lipinski definition) is 0. The molecule has 7 heteroatoms. The second-order valence-corrected chi connectivity index (χ2v) is 8.22. The van der Waals surface area contributed by atoms with Crippen LogP contribution in [0.1, 0.15) is 82.1 Å². The van der Waals surface area contributed by atoms with E-state index in [1.807, 2.05) is 40.7 Å². The fourth-order valence-corrected chi connectivity index (χ4v) is 2.82. The van der Waals surface area contributed by atoms with Crippen molar-refractivity contribution in [3.05, 3.63) is 45.6 Å². The van der Waals surface area contributed by atoms with Crippen molar-refractivity contribution in [2.45, 2.75) is 82.1 Å². The molecular formula is C28H46MoO6. The summed E-state index contributed by atoms with van der Waals surface area (Å²) in [5, 5.41) is 0. The summed E-state index contributed by atoms with van der Waals surface area (Å²) in [6, 6.07) is 0. The Morgan fingerprint density at radius 3 is 0.800 bits per heavy atom. The monoisotopic (exact) mass is 576 g/mol. The number of allylic oxidation sites excluding steroid dienone is 8. The second kappa shape index (κ2) is 29.7. The Morgan fingerprint density at radius 1 is 0.486 bits per heavy atom. The molecule has 0 aromatic rings. The minimum Gasteiger partial charge on any atom is -0.307 e. The average molecular weight is 575 g/mol. The molecule has 35 heavy (non-hydrogen) atoms. The van der Waals surface area contributed by atoms with Crippen LogP contribution in [0.2, 0.25) is 0 Å². The summed E-state index contributed by atoms with van der Waals surface area (Å²) in [6.45, 7) is 34.3. The maximum Gasteiger partial charge on any atom is 2.00 e. The fourth-order valence-electron chi connectivity index (χ4n) is 2.82. The summed E-state index contributed by atoms with van der Waals surface area (Å²) in [5.74, 6) is 0. The van der Waals surface area contributed by atoms with Crippen molar-refractivity contribution < 1.29 is 49.8 Å². The van der Waals surface area contributed by atoms with Gasteiger partial charge in [0.05, 0.1) is 0 Å². The van der Waals surface area contributed by atoms with E-state index in [0.29, 0.717) is 10.8 Å². The van der Waals surface area contributed by atoms with Crippen LogP contribution in [-0.4, -0.2) is 40.7 Å². The predicted molar refractivity (Wildman–Crippen MR) is 141 cm³/mol. The Labute approximate surface area is 228 Å². The van der Waals surface area contributed by atoms with Gasteiger partial charge in [-0.2, -0.15) is 11.1 Å². The van der Waals surface area contributed by atoms with Gasteiger partial charge in [-0.15, -0.1) is 37.8 Å². The largest absolute Gasteiger partial charge is 2.00 e. The van der Waals surface area contributed by atoms with E-state index in [-0.39, 0.29) is 21.1 Å². The zero-order valence-corrected chi connectivity index (χ0v) is 25.5. The quantitative estimate of drug-likeness (QED) is 0.264. The van der Waals surface area contributed by atoms with Gasteiger partial charge in [-0.05, 0) is 10.8 Å². The summed E-state index contributed by atoms with van der Waals surface area (Å²) in [6.07, 6.45) is 8.97. The maximum atomic E-state index is 8.00. The van der Waals surface area contributed by atoms with Gasteiger partial charge < -0.3 is 28.8 Å². The standard InChI is InChI=1S/2C11H17.6CH2O.Mo/c2*1-8-6-7-11(4,5)10(3)9(8)2;6*1-2;/h2*7H2,1-5H3;6*1H2;/q2*-1;;;;;;;+2. The van der Waals surface area contributed by atoms with E-state index >= 15 is 0 Å². The molecule has 2 rings (SSSR count). The number of rotatable bonds is 0. The van der Waals surface area contributed by atoms with Gasteiger partial charge in [-0.3, -0.25) is 12.2 Å². The number of hydrogen-bond acceptors (Lipinski definition) is 6. The van der Waals surface area contributed by atoms with Gasteiger partial charge >= 0.3 is 21.1 Å². The van der Waals surface area contributed by atoms with Gasteiger partial charge in [0.2, 0.25) is 0 Å². The molecule has 200 valence electrons. The third-order valence-corrected chi connectivity index (χ3v) is 5.87. The molecule has 2 aliphatic rings. The van der Waals surface area contributed by atoms with Gasteiger partial charge in [0.1, 0.15) is 40.7 Å². The summed E-state index contributed by atoms with van der Waals surface area (Å²) in [7, 11) is 0. The molecule has 2 aliphatic carbocycles. The van der Waals surface area contributed by atoms with Crippen LogP contribution >= 0.6 is 0 Å². The minimum absolute atomic E-state index is 0. The number of carbonyl (C=O) groups excluding carboxylic acids is 6. The maximum absolute atomic E-state index is 8.00. The van der Waals surface area contributed by atoms with Crippen molar-refractivity contribution in [3.63, 3.8) is 0 Å². The van der Waals surface area contributed by atoms with E-state index in [9.17, 15) is 0 Å². The van der Waals surface area contributed by atoms with Gasteiger partial charge in [0.25, 0.3) is 0 Å².